The Morgan fingerprint density at radius 2 is 1.89 bits per heavy atom. The second kappa shape index (κ2) is 9.50. The highest BCUT2D eigenvalue weighted by molar-refractivity contribution is 6.23. The summed E-state index contributed by atoms with van der Waals surface area (Å²) in [5, 5.41) is 11.1. The number of amides is 3. The molecule has 184 valence electrons. The molecule has 1 saturated heterocycles. The number of rotatable bonds is 7. The number of hydrogen-bond donors (Lipinski definition) is 0. The maximum absolute atomic E-state index is 13.4. The Morgan fingerprint density at radius 3 is 2.59 bits per heavy atom. The molecule has 0 spiro atoms. The molecule has 0 bridgehead atoms. The van der Waals surface area contributed by atoms with Crippen LogP contribution < -0.4 is 4.90 Å². The van der Waals surface area contributed by atoms with Crippen molar-refractivity contribution in [1.82, 2.24) is 9.88 Å². The van der Waals surface area contributed by atoms with Gasteiger partial charge >= 0.3 is 0 Å². The highest BCUT2D eigenvalue weighted by Gasteiger charge is 2.44. The first-order valence-electron chi connectivity index (χ1n) is 11.4. The molecule has 37 heavy (non-hydrogen) atoms. The van der Waals surface area contributed by atoms with Crippen molar-refractivity contribution in [2.45, 2.75) is 12.5 Å². The van der Waals surface area contributed by atoms with Gasteiger partial charge in [0.1, 0.15) is 11.6 Å². The Morgan fingerprint density at radius 1 is 1.14 bits per heavy atom. The first kappa shape index (κ1) is 23.6. The zero-order valence-electron chi connectivity index (χ0n) is 19.4. The summed E-state index contributed by atoms with van der Waals surface area (Å²) in [4.78, 5) is 56.7. The van der Waals surface area contributed by atoms with E-state index in [1.165, 1.54) is 29.2 Å². The molecule has 1 fully saturated rings. The van der Waals surface area contributed by atoms with Crippen molar-refractivity contribution in [1.29, 1.82) is 0 Å². The van der Waals surface area contributed by atoms with Crippen molar-refractivity contribution in [3.8, 4) is 11.5 Å². The van der Waals surface area contributed by atoms with Gasteiger partial charge < -0.3 is 9.32 Å². The van der Waals surface area contributed by atoms with Gasteiger partial charge in [0.25, 0.3) is 17.5 Å². The lowest BCUT2D eigenvalue weighted by Crippen LogP contribution is -2.45. The molecule has 1 atom stereocenters. The monoisotopic (exact) mass is 496 g/mol. The third-order valence-corrected chi connectivity index (χ3v) is 6.06. The number of benzene rings is 3. The third-order valence-electron chi connectivity index (χ3n) is 6.06. The van der Waals surface area contributed by atoms with Gasteiger partial charge in [-0.3, -0.25) is 24.5 Å². The smallest absolute Gasteiger partial charge is 0.270 e. The quantitative estimate of drug-likeness (QED) is 0.161. The standard InChI is InChI=1S/C27H20N4O6/c1-2-14-29(26(33)18-6-5-7-20(15-18)31(35)36)22-16-24(32)30(27(22)34)19-12-10-17(11-13-19)25-28-21-8-3-4-9-23(21)37-25/h2-13,15,22H,1,14,16H2. The molecule has 1 aromatic heterocycles. The van der Waals surface area contributed by atoms with E-state index >= 15 is 0 Å². The van der Waals surface area contributed by atoms with Crippen LogP contribution in [0.3, 0.4) is 0 Å². The van der Waals surface area contributed by atoms with E-state index in [0.717, 1.165) is 11.0 Å². The molecular formula is C27H20N4O6. The molecule has 5 rings (SSSR count). The molecule has 0 N–H and O–H groups in total. The van der Waals surface area contributed by atoms with E-state index in [2.05, 4.69) is 11.6 Å². The van der Waals surface area contributed by atoms with Gasteiger partial charge in [-0.15, -0.1) is 6.58 Å². The number of anilines is 1. The molecule has 0 radical (unpaired) electrons. The van der Waals surface area contributed by atoms with Crippen LogP contribution in [-0.2, 0) is 9.59 Å². The predicted molar refractivity (Wildman–Crippen MR) is 135 cm³/mol. The molecule has 3 amide bonds. The van der Waals surface area contributed by atoms with Gasteiger partial charge in [-0.05, 0) is 42.5 Å². The number of carbonyl (C=O) groups is 3. The van der Waals surface area contributed by atoms with Gasteiger partial charge in [0.05, 0.1) is 17.0 Å². The number of carbonyl (C=O) groups excluding carboxylic acids is 3. The molecule has 1 unspecified atom stereocenters. The Bertz CT molecular complexity index is 1530. The fraction of sp³-hybridized carbons (Fsp3) is 0.111. The van der Waals surface area contributed by atoms with Crippen LogP contribution in [0.4, 0.5) is 11.4 Å². The maximum atomic E-state index is 13.4. The van der Waals surface area contributed by atoms with E-state index in [-0.39, 0.29) is 24.2 Å². The zero-order chi connectivity index (χ0) is 26.1. The maximum Gasteiger partial charge on any atom is 0.270 e. The molecule has 10 heteroatoms. The van der Waals surface area contributed by atoms with Crippen LogP contribution in [0.2, 0.25) is 0 Å². The van der Waals surface area contributed by atoms with Gasteiger partial charge in [0.2, 0.25) is 11.8 Å². The highest BCUT2D eigenvalue weighted by atomic mass is 16.6. The number of para-hydroxylation sites is 2. The molecular weight excluding hydrogens is 476 g/mol. The summed E-state index contributed by atoms with van der Waals surface area (Å²) in [7, 11) is 0. The van der Waals surface area contributed by atoms with Crippen molar-refractivity contribution < 1.29 is 23.7 Å². The first-order valence-corrected chi connectivity index (χ1v) is 11.4. The van der Waals surface area contributed by atoms with Crippen molar-refractivity contribution in [2.75, 3.05) is 11.4 Å². The number of aromatic nitrogens is 1. The van der Waals surface area contributed by atoms with Crippen molar-refractivity contribution in [2.24, 2.45) is 0 Å². The van der Waals surface area contributed by atoms with Crippen LogP contribution in [-0.4, -0.2) is 45.1 Å². The minimum atomic E-state index is -1.08. The molecule has 3 aromatic carbocycles. The second-order valence-corrected chi connectivity index (χ2v) is 8.37. The van der Waals surface area contributed by atoms with Gasteiger partial charge in [0.15, 0.2) is 5.58 Å². The topological polar surface area (TPSA) is 127 Å². The van der Waals surface area contributed by atoms with Crippen LogP contribution in [0, 0.1) is 10.1 Å². The minimum Gasteiger partial charge on any atom is -0.436 e. The molecule has 0 saturated carbocycles. The molecule has 4 aromatic rings. The molecule has 10 nitrogen and oxygen atoms in total. The fourth-order valence-electron chi connectivity index (χ4n) is 4.29. The summed E-state index contributed by atoms with van der Waals surface area (Å²) in [6.07, 6.45) is 1.21. The lowest BCUT2D eigenvalue weighted by Gasteiger charge is -2.26. The van der Waals surface area contributed by atoms with Crippen LogP contribution >= 0.6 is 0 Å². The number of fused-ring (bicyclic) bond motifs is 1. The van der Waals surface area contributed by atoms with Crippen LogP contribution in [0.1, 0.15) is 16.8 Å². The Hall–Kier alpha value is -5.12. The lowest BCUT2D eigenvalue weighted by molar-refractivity contribution is -0.384. The number of nitrogens with zero attached hydrogens (tertiary/aromatic N) is 4. The van der Waals surface area contributed by atoms with E-state index < -0.39 is 28.7 Å². The van der Waals surface area contributed by atoms with E-state index in [4.69, 9.17) is 4.42 Å². The molecule has 1 aliphatic heterocycles. The summed E-state index contributed by atoms with van der Waals surface area (Å²) in [6.45, 7) is 3.62. The van der Waals surface area contributed by atoms with Crippen LogP contribution in [0.15, 0.2) is 89.9 Å². The van der Waals surface area contributed by atoms with E-state index in [9.17, 15) is 24.5 Å². The number of nitro groups is 1. The minimum absolute atomic E-state index is 0.0181. The van der Waals surface area contributed by atoms with Crippen molar-refractivity contribution in [3.63, 3.8) is 0 Å². The third kappa shape index (κ3) is 4.36. The number of imide groups is 1. The largest absolute Gasteiger partial charge is 0.436 e. The number of oxazole rings is 1. The average Bonchev–Trinajstić information content (AvgIpc) is 3.47. The second-order valence-electron chi connectivity index (χ2n) is 8.37. The lowest BCUT2D eigenvalue weighted by atomic mass is 10.1. The van der Waals surface area contributed by atoms with Gasteiger partial charge in [0, 0.05) is 29.8 Å². The highest BCUT2D eigenvalue weighted by Crippen LogP contribution is 2.30. The number of non-ortho nitro benzene ring substituents is 1. The Labute approximate surface area is 210 Å². The Balaban J connectivity index is 1.40. The van der Waals surface area contributed by atoms with E-state index in [1.54, 1.807) is 24.3 Å². The van der Waals surface area contributed by atoms with Crippen molar-refractivity contribution >= 4 is 40.2 Å². The number of nitro benzene ring substituents is 1. The molecule has 2 heterocycles. The summed E-state index contributed by atoms with van der Waals surface area (Å²) in [6, 6.07) is 18.1. The van der Waals surface area contributed by atoms with Crippen LogP contribution in [0.25, 0.3) is 22.6 Å². The normalized spacial score (nSPS) is 15.2. The van der Waals surface area contributed by atoms with Gasteiger partial charge in [-0.25, -0.2) is 9.88 Å². The average molecular weight is 496 g/mol. The molecule has 1 aliphatic rings. The summed E-state index contributed by atoms with van der Waals surface area (Å²) < 4.78 is 5.77. The molecule has 0 aliphatic carbocycles. The van der Waals surface area contributed by atoms with Crippen LogP contribution in [0.5, 0.6) is 0 Å². The first-order chi connectivity index (χ1) is 17.9. The summed E-state index contributed by atoms with van der Waals surface area (Å²) in [5.74, 6) is -1.24. The zero-order valence-corrected chi connectivity index (χ0v) is 19.4. The number of hydrogen-bond acceptors (Lipinski definition) is 7. The summed E-state index contributed by atoms with van der Waals surface area (Å²) >= 11 is 0. The van der Waals surface area contributed by atoms with Gasteiger partial charge in [-0.1, -0.05) is 24.3 Å². The van der Waals surface area contributed by atoms with E-state index in [1.807, 2.05) is 24.3 Å². The summed E-state index contributed by atoms with van der Waals surface area (Å²) in [5.41, 5.74) is 2.16. The van der Waals surface area contributed by atoms with Gasteiger partial charge in [-0.2, -0.15) is 0 Å². The fourth-order valence-corrected chi connectivity index (χ4v) is 4.29. The van der Waals surface area contributed by atoms with Crippen molar-refractivity contribution in [3.05, 3.63) is 101 Å². The SMILES string of the molecule is C=CCN(C(=O)c1cccc([N+](=O)[O-])c1)C1CC(=O)N(c2ccc(-c3nc4ccccc4o3)cc2)C1=O. The van der Waals surface area contributed by atoms with E-state index in [0.29, 0.717) is 28.2 Å². The Kier molecular flexibility index (Phi) is 6.06. The predicted octanol–water partition coefficient (Wildman–Crippen LogP) is 4.36.